The monoisotopic (exact) mass is 502 g/mol. The molecular formula is C18H34N2O8S3. The van der Waals surface area contributed by atoms with Crippen molar-refractivity contribution >= 4 is 31.6 Å². The number of nitrogens with zero attached hydrogens (tertiary/aromatic N) is 2. The topological polar surface area (TPSA) is 133 Å². The molecule has 0 aliphatic rings. The first kappa shape index (κ1) is 28.1. The molecule has 0 radical (unpaired) electrons. The molecule has 13 heteroatoms. The van der Waals surface area contributed by atoms with Crippen molar-refractivity contribution in [1.82, 2.24) is 0 Å². The molecule has 0 atom stereocenters. The Hall–Kier alpha value is -0.960. The summed E-state index contributed by atoms with van der Waals surface area (Å²) in [5, 5.41) is 3.69. The van der Waals surface area contributed by atoms with E-state index in [2.05, 4.69) is 0 Å². The van der Waals surface area contributed by atoms with Gasteiger partial charge in [-0.3, -0.25) is 0 Å². The van der Waals surface area contributed by atoms with E-state index in [0.717, 1.165) is 0 Å². The zero-order chi connectivity index (χ0) is 23.8. The van der Waals surface area contributed by atoms with Crippen LogP contribution in [0, 0.1) is 0 Å². The summed E-state index contributed by atoms with van der Waals surface area (Å²) in [5.41, 5.74) is 0. The Bertz CT molecular complexity index is 809. The zero-order valence-corrected chi connectivity index (χ0v) is 21.1. The Morgan fingerprint density at radius 3 is 1.42 bits per heavy atom. The van der Waals surface area contributed by atoms with Gasteiger partial charge in [-0.05, 0) is 0 Å². The number of rotatable bonds is 16. The van der Waals surface area contributed by atoms with E-state index in [1.54, 1.807) is 0 Å². The van der Waals surface area contributed by atoms with Crippen LogP contribution < -0.4 is 9.47 Å². The first-order valence-corrected chi connectivity index (χ1v) is 14.0. The van der Waals surface area contributed by atoms with E-state index < -0.39 is 20.2 Å². The van der Waals surface area contributed by atoms with E-state index in [-0.39, 0.29) is 11.5 Å². The van der Waals surface area contributed by atoms with E-state index in [4.69, 9.17) is 9.47 Å². The molecule has 10 nitrogen and oxygen atoms in total. The van der Waals surface area contributed by atoms with Gasteiger partial charge in [0, 0.05) is 35.1 Å². The maximum Gasteiger partial charge on any atom is 0.172 e. The Kier molecular flexibility index (Phi) is 10.7. The highest BCUT2D eigenvalue weighted by atomic mass is 32.2. The number of quaternary nitrogens is 2. The summed E-state index contributed by atoms with van der Waals surface area (Å²) >= 11 is 1.45. The van der Waals surface area contributed by atoms with Crippen LogP contribution in [0.3, 0.4) is 0 Å². The van der Waals surface area contributed by atoms with Crippen LogP contribution in [0.5, 0.6) is 11.5 Å². The van der Waals surface area contributed by atoms with Crippen LogP contribution in [0.25, 0.3) is 0 Å². The van der Waals surface area contributed by atoms with Crippen LogP contribution in [0.4, 0.5) is 0 Å². The van der Waals surface area contributed by atoms with Crippen LogP contribution in [-0.4, -0.2) is 114 Å². The van der Waals surface area contributed by atoms with Gasteiger partial charge in [0.15, 0.2) is 11.5 Å². The fraction of sp³-hybridized carbons (Fsp3) is 0.778. The second-order valence-electron chi connectivity index (χ2n) is 8.79. The number of hydrogen-bond acceptors (Lipinski definition) is 9. The second-order valence-corrected chi connectivity index (χ2v) is 12.6. The van der Waals surface area contributed by atoms with Crippen LogP contribution in [0.2, 0.25) is 0 Å². The third-order valence-electron chi connectivity index (χ3n) is 4.82. The van der Waals surface area contributed by atoms with E-state index in [0.29, 0.717) is 72.7 Å². The first-order chi connectivity index (χ1) is 14.1. The van der Waals surface area contributed by atoms with Gasteiger partial charge in [0.05, 0.1) is 61.5 Å². The maximum atomic E-state index is 10.7. The molecule has 0 spiro atoms. The van der Waals surface area contributed by atoms with E-state index in [1.807, 2.05) is 39.0 Å². The van der Waals surface area contributed by atoms with Crippen molar-refractivity contribution in [2.24, 2.45) is 0 Å². The van der Waals surface area contributed by atoms with Crippen molar-refractivity contribution in [2.45, 2.75) is 12.8 Å². The lowest BCUT2D eigenvalue weighted by Crippen LogP contribution is -2.44. The van der Waals surface area contributed by atoms with Crippen molar-refractivity contribution < 1.29 is 44.4 Å². The summed E-state index contributed by atoms with van der Waals surface area (Å²) in [6, 6.07) is 0. The van der Waals surface area contributed by atoms with Crippen LogP contribution >= 0.6 is 11.3 Å². The fourth-order valence-corrected chi connectivity index (χ4v) is 4.50. The lowest BCUT2D eigenvalue weighted by Gasteiger charge is -2.30. The molecular weight excluding hydrogens is 468 g/mol. The number of thiophene rings is 1. The van der Waals surface area contributed by atoms with Crippen LogP contribution in [0.1, 0.15) is 12.8 Å². The average molecular weight is 503 g/mol. The molecule has 31 heavy (non-hydrogen) atoms. The average Bonchev–Trinajstić information content (AvgIpc) is 2.99. The third kappa shape index (κ3) is 13.9. The number of ether oxygens (including phenoxy) is 2. The van der Waals surface area contributed by atoms with Crippen molar-refractivity contribution in [2.75, 3.05) is 79.1 Å². The minimum atomic E-state index is -4.19. The SMILES string of the molecule is C[N+](C)(CCCS(=O)(=O)[O-])CCOc1cscc1OCC[N+](C)(C)CCCS(=O)(=O)[O-]. The van der Waals surface area contributed by atoms with Gasteiger partial charge in [-0.15, -0.1) is 11.3 Å². The van der Waals surface area contributed by atoms with E-state index in [1.165, 1.54) is 11.3 Å². The summed E-state index contributed by atoms with van der Waals surface area (Å²) in [6.07, 6.45) is 0.612. The standard InChI is InChI=1S/C18H34N2O8S3/c1-19(2,7-5-13-30(21,22)23)9-11-27-17-15-29-16-18(17)28-12-10-20(3,4)8-6-14-31(24,25)26/h15-16H,5-14H2,1-4H3. The van der Waals surface area contributed by atoms with Gasteiger partial charge in [0.25, 0.3) is 0 Å². The Morgan fingerprint density at radius 1 is 0.742 bits per heavy atom. The molecule has 0 saturated heterocycles. The predicted molar refractivity (Wildman–Crippen MR) is 117 cm³/mol. The minimum absolute atomic E-state index is 0.306. The molecule has 0 fully saturated rings. The highest BCUT2D eigenvalue weighted by Gasteiger charge is 2.18. The number of hydrogen-bond donors (Lipinski definition) is 0. The van der Waals surface area contributed by atoms with Crippen molar-refractivity contribution in [3.05, 3.63) is 10.8 Å². The molecule has 0 unspecified atom stereocenters. The molecule has 0 aliphatic carbocycles. The molecule has 1 heterocycles. The third-order valence-corrected chi connectivity index (χ3v) is 7.09. The van der Waals surface area contributed by atoms with Gasteiger partial charge >= 0.3 is 0 Å². The lowest BCUT2D eigenvalue weighted by atomic mass is 10.3. The summed E-state index contributed by atoms with van der Waals surface area (Å²) in [5.74, 6) is 0.545. The summed E-state index contributed by atoms with van der Waals surface area (Å²) in [6.45, 7) is 3.21. The van der Waals surface area contributed by atoms with Gasteiger partial charge in [0.2, 0.25) is 0 Å². The predicted octanol–water partition coefficient (Wildman–Crippen LogP) is 0.529. The first-order valence-electron chi connectivity index (χ1n) is 9.92. The molecule has 0 bridgehead atoms. The Morgan fingerprint density at radius 2 is 1.10 bits per heavy atom. The van der Waals surface area contributed by atoms with Crippen molar-refractivity contribution in [3.8, 4) is 11.5 Å². The number of likely N-dealkylation sites (N-methyl/N-ethyl adjacent to an activating group) is 2. The van der Waals surface area contributed by atoms with Crippen molar-refractivity contribution in [1.29, 1.82) is 0 Å². The second kappa shape index (κ2) is 11.8. The molecule has 1 aromatic rings. The van der Waals surface area contributed by atoms with E-state index in [9.17, 15) is 25.9 Å². The molecule has 182 valence electrons. The lowest BCUT2D eigenvalue weighted by molar-refractivity contribution is -0.890. The highest BCUT2D eigenvalue weighted by molar-refractivity contribution is 7.85. The van der Waals surface area contributed by atoms with Crippen LogP contribution in [-0.2, 0) is 20.2 Å². The molecule has 0 N–H and O–H groups in total. The quantitative estimate of drug-likeness (QED) is 0.236. The summed E-state index contributed by atoms with van der Waals surface area (Å²) < 4.78 is 77.1. The molecule has 1 aromatic heterocycles. The molecule has 0 amide bonds. The fourth-order valence-electron chi connectivity index (χ4n) is 2.85. The molecule has 0 aromatic carbocycles. The Labute approximate surface area is 190 Å². The van der Waals surface area contributed by atoms with Gasteiger partial charge in [0.1, 0.15) is 26.3 Å². The Balaban J connectivity index is 2.39. The van der Waals surface area contributed by atoms with Gasteiger partial charge in [-0.25, -0.2) is 16.8 Å². The van der Waals surface area contributed by atoms with E-state index >= 15 is 0 Å². The maximum absolute atomic E-state index is 10.7. The molecule has 0 aliphatic heterocycles. The normalized spacial score (nSPS) is 13.4. The largest absolute Gasteiger partial charge is 0.748 e. The van der Waals surface area contributed by atoms with Crippen LogP contribution in [0.15, 0.2) is 10.8 Å². The summed E-state index contributed by atoms with van der Waals surface area (Å²) in [7, 11) is -0.583. The smallest absolute Gasteiger partial charge is 0.172 e. The molecule has 0 saturated carbocycles. The van der Waals surface area contributed by atoms with Gasteiger partial charge < -0.3 is 27.5 Å². The zero-order valence-electron chi connectivity index (χ0n) is 18.6. The molecule has 1 rings (SSSR count). The minimum Gasteiger partial charge on any atom is -0.748 e. The van der Waals surface area contributed by atoms with Crippen molar-refractivity contribution in [3.63, 3.8) is 0 Å². The van der Waals surface area contributed by atoms with Gasteiger partial charge in [-0.1, -0.05) is 0 Å². The summed E-state index contributed by atoms with van der Waals surface area (Å²) in [4.78, 5) is 0. The highest BCUT2D eigenvalue weighted by Crippen LogP contribution is 2.31. The van der Waals surface area contributed by atoms with Gasteiger partial charge in [-0.2, -0.15) is 0 Å².